The molecule has 0 aromatic carbocycles. The molecule has 0 fully saturated rings. The standard InChI is InChI=1S/C3H7I.C/c1-2-3-4;/h2-3H2,1H3;/i;1-1. The molecule has 0 atom stereocenters. The van der Waals surface area contributed by atoms with Gasteiger partial charge < -0.3 is 0 Å². The normalized spacial score (nSPS) is 6.00. The molecule has 0 spiro atoms. The minimum atomic E-state index is 0. The lowest BCUT2D eigenvalue weighted by molar-refractivity contribution is 1.13. The molecule has 0 saturated carbocycles. The Morgan fingerprint density at radius 1 is 1.60 bits per heavy atom. The summed E-state index contributed by atoms with van der Waals surface area (Å²) in [4.78, 5) is 0. The molecule has 30 valence electrons. The van der Waals surface area contributed by atoms with Crippen molar-refractivity contribution >= 4 is 22.6 Å². The molecule has 0 bridgehead atoms. The summed E-state index contributed by atoms with van der Waals surface area (Å²) in [6.07, 6.45) is 1.31. The van der Waals surface area contributed by atoms with Crippen LogP contribution in [-0.2, 0) is 0 Å². The van der Waals surface area contributed by atoms with Crippen LogP contribution in [0.1, 0.15) is 13.3 Å². The Kier molecular flexibility index (Phi) is 16.3. The Morgan fingerprint density at radius 3 is 1.80 bits per heavy atom. The van der Waals surface area contributed by atoms with Crippen molar-refractivity contribution in [3.63, 3.8) is 0 Å². The second kappa shape index (κ2) is 8.83. The minimum Gasteiger partial charge on any atom is -0.0864 e. The first-order valence-electron chi connectivity index (χ1n) is 1.47. The molecule has 0 aromatic heterocycles. The van der Waals surface area contributed by atoms with Gasteiger partial charge in [0.25, 0.3) is 0 Å². The van der Waals surface area contributed by atoms with Crippen LogP contribution < -0.4 is 0 Å². The van der Waals surface area contributed by atoms with E-state index in [-0.39, 0.29) is 7.43 Å². The average Bonchev–Trinajstić information content (AvgIpc) is 1.37. The molecule has 0 unspecified atom stereocenters. The summed E-state index contributed by atoms with van der Waals surface area (Å²) in [7, 11) is 0. The lowest BCUT2D eigenvalue weighted by Gasteiger charge is -1.66. The Morgan fingerprint density at radius 2 is 1.80 bits per heavy atom. The fourth-order valence-corrected chi connectivity index (χ4v) is 0. The number of halogens is 1. The van der Waals surface area contributed by atoms with Crippen molar-refractivity contribution in [3.05, 3.63) is 7.43 Å². The highest BCUT2D eigenvalue weighted by Gasteiger charge is 1.58. The zero-order valence-corrected chi connectivity index (χ0v) is 5.45. The number of hydrogen-bond donors (Lipinski definition) is 0. The molecular formula is C4H7I. The highest BCUT2D eigenvalue weighted by Crippen LogP contribution is 1.81. The van der Waals surface area contributed by atoms with Gasteiger partial charge in [-0.05, 0) is 10.8 Å². The average molecular weight is 181 g/mol. The molecule has 0 N–H and O–H groups in total. The molecule has 1 heteroatoms. The van der Waals surface area contributed by atoms with Crippen LogP contribution in [0, 0.1) is 7.43 Å². The zero-order valence-electron chi connectivity index (χ0n) is 3.29. The van der Waals surface area contributed by atoms with Crippen molar-refractivity contribution in [2.24, 2.45) is 0 Å². The third kappa shape index (κ3) is 11.8. The smallest absolute Gasteiger partial charge is 0 e. The van der Waals surface area contributed by atoms with Crippen molar-refractivity contribution in [1.82, 2.24) is 0 Å². The minimum absolute atomic E-state index is 0. The van der Waals surface area contributed by atoms with Crippen LogP contribution >= 0.6 is 22.6 Å². The van der Waals surface area contributed by atoms with Crippen LogP contribution in [-0.4, -0.2) is 4.43 Å². The molecule has 0 aliphatic heterocycles. The maximum Gasteiger partial charge on any atom is 0 e. The molecule has 0 saturated heterocycles. The van der Waals surface area contributed by atoms with Gasteiger partial charge in [-0.2, -0.15) is 0 Å². The maximum atomic E-state index is 2.35. The predicted molar refractivity (Wildman–Crippen MR) is 32.4 cm³/mol. The monoisotopic (exact) mass is 181 g/mol. The van der Waals surface area contributed by atoms with E-state index >= 15 is 0 Å². The van der Waals surface area contributed by atoms with E-state index in [1.54, 1.807) is 0 Å². The van der Waals surface area contributed by atoms with Gasteiger partial charge in [0.15, 0.2) is 0 Å². The van der Waals surface area contributed by atoms with Crippen LogP contribution in [0.15, 0.2) is 0 Å². The fraction of sp³-hybridized carbons (Fsp3) is 0.750. The van der Waals surface area contributed by atoms with Crippen molar-refractivity contribution in [1.29, 1.82) is 0 Å². The molecule has 5 heavy (non-hydrogen) atoms. The van der Waals surface area contributed by atoms with Gasteiger partial charge in [-0.3, -0.25) is 0 Å². The number of hydrogen-bond acceptors (Lipinski definition) is 0. The lowest BCUT2D eigenvalue weighted by Crippen LogP contribution is -1.54. The van der Waals surface area contributed by atoms with Crippen LogP contribution in [0.2, 0.25) is 0 Å². The number of rotatable bonds is 1. The molecule has 4 radical (unpaired) electrons. The van der Waals surface area contributed by atoms with Gasteiger partial charge in [0.05, 0.1) is 0 Å². The first-order chi connectivity index (χ1) is 1.91. The lowest BCUT2D eigenvalue weighted by atomic mass is 10.6. The van der Waals surface area contributed by atoms with E-state index < -0.39 is 0 Å². The summed E-state index contributed by atoms with van der Waals surface area (Å²) in [6.45, 7) is 2.17. The second-order valence-corrected chi connectivity index (χ2v) is 1.77. The van der Waals surface area contributed by atoms with Crippen molar-refractivity contribution in [2.75, 3.05) is 4.43 Å². The molecule has 0 amide bonds. The Labute approximate surface area is 48.1 Å². The summed E-state index contributed by atoms with van der Waals surface area (Å²) in [5.41, 5.74) is 0. The maximum absolute atomic E-state index is 2.35. The van der Waals surface area contributed by atoms with E-state index in [0.717, 1.165) is 0 Å². The van der Waals surface area contributed by atoms with Crippen molar-refractivity contribution in [3.8, 4) is 0 Å². The third-order valence-electron chi connectivity index (χ3n) is 0.189. The molecular weight excluding hydrogens is 174 g/mol. The highest BCUT2D eigenvalue weighted by atomic mass is 127. The van der Waals surface area contributed by atoms with Gasteiger partial charge in [0.2, 0.25) is 0 Å². The number of alkyl halides is 1. The third-order valence-corrected chi connectivity index (χ3v) is 1.27. The van der Waals surface area contributed by atoms with Gasteiger partial charge in [0.1, 0.15) is 0 Å². The van der Waals surface area contributed by atoms with E-state index in [1.165, 1.54) is 10.8 Å². The molecule has 0 aliphatic rings. The van der Waals surface area contributed by atoms with Gasteiger partial charge in [0, 0.05) is 7.43 Å². The van der Waals surface area contributed by atoms with Crippen molar-refractivity contribution < 1.29 is 0 Å². The molecule has 0 heterocycles. The Hall–Kier alpha value is 0.730. The van der Waals surface area contributed by atoms with E-state index in [0.29, 0.717) is 0 Å². The van der Waals surface area contributed by atoms with E-state index in [1.807, 2.05) is 0 Å². The molecule has 0 aromatic rings. The van der Waals surface area contributed by atoms with Crippen LogP contribution in [0.3, 0.4) is 0 Å². The summed E-state index contributed by atoms with van der Waals surface area (Å²) < 4.78 is 1.29. The summed E-state index contributed by atoms with van der Waals surface area (Å²) >= 11 is 2.35. The van der Waals surface area contributed by atoms with Gasteiger partial charge >= 0.3 is 0 Å². The summed E-state index contributed by atoms with van der Waals surface area (Å²) in [5, 5.41) is 0. The van der Waals surface area contributed by atoms with Crippen LogP contribution in [0.5, 0.6) is 0 Å². The van der Waals surface area contributed by atoms with Crippen LogP contribution in [0.25, 0.3) is 0 Å². The molecule has 0 nitrogen and oxygen atoms in total. The first kappa shape index (κ1) is 9.21. The predicted octanol–water partition coefficient (Wildman–Crippen LogP) is 1.91. The summed E-state index contributed by atoms with van der Waals surface area (Å²) in [6, 6.07) is 0. The zero-order chi connectivity index (χ0) is 3.41. The van der Waals surface area contributed by atoms with E-state index in [2.05, 4.69) is 29.5 Å². The molecule has 0 rings (SSSR count). The fourth-order valence-electron chi connectivity index (χ4n) is 0. The summed E-state index contributed by atoms with van der Waals surface area (Å²) in [5.74, 6) is 0. The quantitative estimate of drug-likeness (QED) is 0.428. The highest BCUT2D eigenvalue weighted by molar-refractivity contribution is 14.1. The largest absolute Gasteiger partial charge is 0.0864 e. The van der Waals surface area contributed by atoms with Gasteiger partial charge in [-0.1, -0.05) is 29.5 Å². The second-order valence-electron chi connectivity index (χ2n) is 0.689. The van der Waals surface area contributed by atoms with E-state index in [9.17, 15) is 0 Å². The van der Waals surface area contributed by atoms with Crippen LogP contribution in [0.4, 0.5) is 0 Å². The Balaban J connectivity index is 0. The van der Waals surface area contributed by atoms with Gasteiger partial charge in [-0.15, -0.1) is 0 Å². The SMILES string of the molecule is CCCI.[11C]. The van der Waals surface area contributed by atoms with Crippen molar-refractivity contribution in [2.45, 2.75) is 13.3 Å². The van der Waals surface area contributed by atoms with Gasteiger partial charge in [-0.25, -0.2) is 0 Å². The Bertz CT molecular complexity index is 5.61. The topological polar surface area (TPSA) is 0 Å². The molecule has 0 aliphatic carbocycles. The van der Waals surface area contributed by atoms with E-state index in [4.69, 9.17) is 0 Å². The first-order valence-corrected chi connectivity index (χ1v) is 3.00.